The summed E-state index contributed by atoms with van der Waals surface area (Å²) in [5, 5.41) is 10.6. The van der Waals surface area contributed by atoms with Crippen LogP contribution in [0.2, 0.25) is 0 Å². The van der Waals surface area contributed by atoms with Crippen LogP contribution in [-0.4, -0.2) is 16.7 Å². The van der Waals surface area contributed by atoms with Crippen LogP contribution in [0.5, 0.6) is 0 Å². The molecule has 0 saturated heterocycles. The third kappa shape index (κ3) is 2.85. The summed E-state index contributed by atoms with van der Waals surface area (Å²) in [7, 11) is 0. The normalized spacial score (nSPS) is 19.1. The van der Waals surface area contributed by atoms with E-state index < -0.39 is 0 Å². The first-order valence-corrected chi connectivity index (χ1v) is 6.50. The molecule has 0 spiro atoms. The molecule has 1 atom stereocenters. The minimum Gasteiger partial charge on any atom is -0.310 e. The van der Waals surface area contributed by atoms with Crippen molar-refractivity contribution < 1.29 is 0 Å². The van der Waals surface area contributed by atoms with E-state index in [0.717, 1.165) is 12.5 Å². The molecule has 0 aliphatic heterocycles. The predicted molar refractivity (Wildman–Crippen MR) is 66.3 cm³/mol. The second kappa shape index (κ2) is 5.48. The Morgan fingerprint density at radius 1 is 1.50 bits per heavy atom. The summed E-state index contributed by atoms with van der Waals surface area (Å²) in [4.78, 5) is 0. The quantitative estimate of drug-likeness (QED) is 0.802. The van der Waals surface area contributed by atoms with Crippen molar-refractivity contribution in [2.24, 2.45) is 5.92 Å². The fourth-order valence-corrected chi connectivity index (χ4v) is 2.71. The second-order valence-corrected chi connectivity index (χ2v) is 5.07. The van der Waals surface area contributed by atoms with Gasteiger partial charge in [0.1, 0.15) is 0 Å². The summed E-state index contributed by atoms with van der Waals surface area (Å²) in [6.07, 6.45) is 9.05. The molecule has 0 radical (unpaired) electrons. The van der Waals surface area contributed by atoms with Crippen LogP contribution in [0.1, 0.15) is 56.3 Å². The van der Waals surface area contributed by atoms with Crippen molar-refractivity contribution in [2.45, 2.75) is 52.0 Å². The van der Waals surface area contributed by atoms with Crippen LogP contribution in [0.25, 0.3) is 0 Å². The zero-order valence-electron chi connectivity index (χ0n) is 10.4. The maximum Gasteiger partial charge on any atom is 0.0537 e. The standard InChI is InChI=1S/C13H23N3/c1-10(13-9-15-16-11(13)2)14-8-7-12-5-3-4-6-12/h9-10,12,14H,3-8H2,1-2H3,(H,15,16). The van der Waals surface area contributed by atoms with Gasteiger partial charge in [0.05, 0.1) is 6.20 Å². The van der Waals surface area contributed by atoms with Crippen LogP contribution in [-0.2, 0) is 0 Å². The Balaban J connectivity index is 1.71. The topological polar surface area (TPSA) is 40.7 Å². The van der Waals surface area contributed by atoms with E-state index in [1.807, 2.05) is 6.20 Å². The first kappa shape index (κ1) is 11.6. The average Bonchev–Trinajstić information content (AvgIpc) is 2.88. The lowest BCUT2D eigenvalue weighted by Gasteiger charge is -2.15. The zero-order chi connectivity index (χ0) is 11.4. The van der Waals surface area contributed by atoms with Crippen LogP contribution >= 0.6 is 0 Å². The number of nitrogens with one attached hydrogen (secondary N) is 2. The summed E-state index contributed by atoms with van der Waals surface area (Å²) in [5.41, 5.74) is 2.48. The van der Waals surface area contributed by atoms with Gasteiger partial charge in [0.15, 0.2) is 0 Å². The van der Waals surface area contributed by atoms with Crippen molar-refractivity contribution >= 4 is 0 Å². The van der Waals surface area contributed by atoms with Gasteiger partial charge in [-0.3, -0.25) is 5.10 Å². The molecule has 1 unspecified atom stereocenters. The molecule has 0 amide bonds. The maximum absolute atomic E-state index is 4.06. The molecule has 90 valence electrons. The van der Waals surface area contributed by atoms with E-state index in [4.69, 9.17) is 0 Å². The molecule has 1 aromatic rings. The molecular weight excluding hydrogens is 198 g/mol. The van der Waals surface area contributed by atoms with Crippen molar-refractivity contribution in [3.63, 3.8) is 0 Å². The van der Waals surface area contributed by atoms with Gasteiger partial charge in [-0.15, -0.1) is 0 Å². The van der Waals surface area contributed by atoms with E-state index in [0.29, 0.717) is 6.04 Å². The highest BCUT2D eigenvalue weighted by atomic mass is 15.1. The molecule has 1 aliphatic rings. The predicted octanol–water partition coefficient (Wildman–Crippen LogP) is 2.95. The molecule has 0 aromatic carbocycles. The summed E-state index contributed by atoms with van der Waals surface area (Å²) in [6, 6.07) is 0.417. The average molecular weight is 221 g/mol. The van der Waals surface area contributed by atoms with E-state index in [2.05, 4.69) is 29.4 Å². The lowest BCUT2D eigenvalue weighted by Crippen LogP contribution is -2.21. The van der Waals surface area contributed by atoms with E-state index in [1.165, 1.54) is 43.4 Å². The minimum absolute atomic E-state index is 0.417. The van der Waals surface area contributed by atoms with Crippen LogP contribution in [0, 0.1) is 12.8 Å². The van der Waals surface area contributed by atoms with Gasteiger partial charge in [-0.1, -0.05) is 25.7 Å². The summed E-state index contributed by atoms with van der Waals surface area (Å²) >= 11 is 0. The van der Waals surface area contributed by atoms with Crippen LogP contribution in [0.4, 0.5) is 0 Å². The summed E-state index contributed by atoms with van der Waals surface area (Å²) < 4.78 is 0. The number of hydrogen-bond acceptors (Lipinski definition) is 2. The van der Waals surface area contributed by atoms with Crippen molar-refractivity contribution in [1.82, 2.24) is 15.5 Å². The fourth-order valence-electron chi connectivity index (χ4n) is 2.71. The van der Waals surface area contributed by atoms with Crippen LogP contribution in [0.3, 0.4) is 0 Å². The maximum atomic E-state index is 4.06. The Kier molecular flexibility index (Phi) is 3.99. The molecule has 1 saturated carbocycles. The molecule has 3 heteroatoms. The Bertz CT molecular complexity index is 313. The van der Waals surface area contributed by atoms with Crippen molar-refractivity contribution in [1.29, 1.82) is 0 Å². The summed E-state index contributed by atoms with van der Waals surface area (Å²) in [5.74, 6) is 0.977. The zero-order valence-corrected chi connectivity index (χ0v) is 10.4. The van der Waals surface area contributed by atoms with Gasteiger partial charge in [-0.2, -0.15) is 5.10 Å². The van der Waals surface area contributed by atoms with Gasteiger partial charge in [0.2, 0.25) is 0 Å². The van der Waals surface area contributed by atoms with Gasteiger partial charge in [-0.25, -0.2) is 0 Å². The Morgan fingerprint density at radius 3 is 2.88 bits per heavy atom. The molecule has 2 rings (SSSR count). The number of H-pyrrole nitrogens is 1. The second-order valence-electron chi connectivity index (χ2n) is 5.07. The SMILES string of the molecule is Cc1[nH]ncc1C(C)NCCC1CCCC1. The molecular formula is C13H23N3. The molecule has 1 aliphatic carbocycles. The monoisotopic (exact) mass is 221 g/mol. The van der Waals surface area contributed by atoms with E-state index in [-0.39, 0.29) is 0 Å². The molecule has 1 heterocycles. The highest BCUT2D eigenvalue weighted by molar-refractivity contribution is 5.18. The lowest BCUT2D eigenvalue weighted by molar-refractivity contribution is 0.454. The van der Waals surface area contributed by atoms with Gasteiger partial charge in [0, 0.05) is 17.3 Å². The molecule has 0 bridgehead atoms. The minimum atomic E-state index is 0.417. The van der Waals surface area contributed by atoms with Gasteiger partial charge < -0.3 is 5.32 Å². The van der Waals surface area contributed by atoms with Crippen LogP contribution < -0.4 is 5.32 Å². The first-order valence-electron chi connectivity index (χ1n) is 6.50. The first-order chi connectivity index (χ1) is 7.77. The van der Waals surface area contributed by atoms with E-state index in [9.17, 15) is 0 Å². The fraction of sp³-hybridized carbons (Fsp3) is 0.769. The third-order valence-corrected chi connectivity index (χ3v) is 3.81. The lowest BCUT2D eigenvalue weighted by atomic mass is 10.0. The Labute approximate surface area is 98.0 Å². The van der Waals surface area contributed by atoms with Crippen molar-refractivity contribution in [3.8, 4) is 0 Å². The van der Waals surface area contributed by atoms with Gasteiger partial charge in [-0.05, 0) is 32.7 Å². The third-order valence-electron chi connectivity index (χ3n) is 3.81. The van der Waals surface area contributed by atoms with Gasteiger partial charge in [0.25, 0.3) is 0 Å². The van der Waals surface area contributed by atoms with Crippen molar-refractivity contribution in [2.75, 3.05) is 6.54 Å². The molecule has 1 fully saturated rings. The molecule has 2 N–H and O–H groups in total. The number of nitrogens with zero attached hydrogens (tertiary/aromatic N) is 1. The number of rotatable bonds is 5. The Morgan fingerprint density at radius 2 is 2.25 bits per heavy atom. The highest BCUT2D eigenvalue weighted by Crippen LogP contribution is 2.27. The molecule has 1 aromatic heterocycles. The highest BCUT2D eigenvalue weighted by Gasteiger charge is 2.15. The van der Waals surface area contributed by atoms with E-state index >= 15 is 0 Å². The summed E-state index contributed by atoms with van der Waals surface area (Å²) in [6.45, 7) is 5.43. The van der Waals surface area contributed by atoms with Crippen LogP contribution in [0.15, 0.2) is 6.20 Å². The largest absolute Gasteiger partial charge is 0.310 e. The molecule has 16 heavy (non-hydrogen) atoms. The van der Waals surface area contributed by atoms with Gasteiger partial charge >= 0.3 is 0 Å². The number of aromatic nitrogens is 2. The number of hydrogen-bond donors (Lipinski definition) is 2. The number of aryl methyl sites for hydroxylation is 1. The smallest absolute Gasteiger partial charge is 0.0537 e. The Hall–Kier alpha value is -0.830. The van der Waals surface area contributed by atoms with E-state index in [1.54, 1.807) is 0 Å². The molecule has 3 nitrogen and oxygen atoms in total. The van der Waals surface area contributed by atoms with Crippen molar-refractivity contribution in [3.05, 3.63) is 17.5 Å². The number of aromatic amines is 1.